The molecule has 0 heterocycles. The van der Waals surface area contributed by atoms with Gasteiger partial charge in [-0.05, 0) is 25.7 Å². The fourth-order valence-corrected chi connectivity index (χ4v) is 3.87. The molecule has 0 radical (unpaired) electrons. The molecule has 0 bridgehead atoms. The molecule has 0 aliphatic heterocycles. The number of rotatable bonds is 24. The molecule has 6 heteroatoms. The van der Waals surface area contributed by atoms with Crippen molar-refractivity contribution in [2.45, 2.75) is 168 Å². The van der Waals surface area contributed by atoms with Gasteiger partial charge in [-0.1, -0.05) is 142 Å². The largest absolute Gasteiger partial charge is 1.00 e. The summed E-state index contributed by atoms with van der Waals surface area (Å²) in [5, 5.41) is 20.3. The first-order chi connectivity index (χ1) is 15.5. The van der Waals surface area contributed by atoms with Crippen molar-refractivity contribution in [2.75, 3.05) is 0 Å². The van der Waals surface area contributed by atoms with Crippen molar-refractivity contribution in [3.8, 4) is 0 Å². The van der Waals surface area contributed by atoms with Gasteiger partial charge < -0.3 is 19.8 Å². The molecule has 0 fully saturated rings. The molecule has 0 aromatic carbocycles. The van der Waals surface area contributed by atoms with Crippen LogP contribution in [0.25, 0.3) is 0 Å². The summed E-state index contributed by atoms with van der Waals surface area (Å²) in [5.41, 5.74) is 0. The predicted molar refractivity (Wildman–Crippen MR) is 132 cm³/mol. The van der Waals surface area contributed by atoms with Crippen LogP contribution in [0.2, 0.25) is 0 Å². The minimum atomic E-state index is -0.907. The molecule has 0 spiro atoms. The van der Waals surface area contributed by atoms with Gasteiger partial charge in [0.25, 0.3) is 0 Å². The van der Waals surface area contributed by atoms with Gasteiger partial charge in [0.2, 0.25) is 0 Å². The molecular weight excluding hydrogens is 446 g/mol. The van der Waals surface area contributed by atoms with Crippen LogP contribution in [0, 0.1) is 0 Å². The second-order valence-electron chi connectivity index (χ2n) is 9.32. The molecule has 0 aliphatic rings. The van der Waals surface area contributed by atoms with Crippen molar-refractivity contribution >= 4 is 11.9 Å². The Bertz CT molecular complexity index is 359. The maximum absolute atomic E-state index is 10.1. The summed E-state index contributed by atoms with van der Waals surface area (Å²) in [6.07, 6.45) is 28.1. The van der Waals surface area contributed by atoms with E-state index >= 15 is 0 Å². The Morgan fingerprint density at radius 1 is 0.412 bits per heavy atom. The van der Waals surface area contributed by atoms with Crippen molar-refractivity contribution in [2.24, 2.45) is 0 Å². The Labute approximate surface area is 267 Å². The van der Waals surface area contributed by atoms with Gasteiger partial charge in [0.05, 0.1) is 0 Å². The van der Waals surface area contributed by atoms with Crippen LogP contribution < -0.4 is 80.5 Å². The van der Waals surface area contributed by atoms with Crippen molar-refractivity contribution in [1.29, 1.82) is 0 Å². The number of unbranched alkanes of at least 4 members (excludes halogenated alkanes) is 20. The zero-order valence-electron chi connectivity index (χ0n) is 23.6. The Morgan fingerprint density at radius 2 is 0.588 bits per heavy atom. The maximum Gasteiger partial charge on any atom is 1.00 e. The molecule has 0 atom stereocenters. The van der Waals surface area contributed by atoms with E-state index in [1.165, 1.54) is 116 Å². The standard InChI is InChI=1S/2C14H28O2.K.Li/c2*1-2-3-4-5-6-7-8-9-10-11-12-13-14(15)16;;/h2*2-13H2,1H3,(H,15,16);;/q;;2*+1/p-2. The summed E-state index contributed by atoms with van der Waals surface area (Å²) >= 11 is 0. The second kappa shape index (κ2) is 38.7. The van der Waals surface area contributed by atoms with E-state index in [-0.39, 0.29) is 83.1 Å². The number of hydrogen-bond acceptors (Lipinski definition) is 4. The minimum Gasteiger partial charge on any atom is -0.550 e. The van der Waals surface area contributed by atoms with E-state index in [2.05, 4.69) is 13.8 Å². The Balaban J connectivity index is -0.000000250. The molecule has 34 heavy (non-hydrogen) atoms. The third kappa shape index (κ3) is 46.5. The van der Waals surface area contributed by atoms with E-state index in [1.54, 1.807) is 0 Å². The van der Waals surface area contributed by atoms with Crippen LogP contribution in [0.4, 0.5) is 0 Å². The quantitative estimate of drug-likeness (QED) is 0.146. The van der Waals surface area contributed by atoms with Crippen LogP contribution in [0.3, 0.4) is 0 Å². The fraction of sp³-hybridized carbons (Fsp3) is 0.929. The van der Waals surface area contributed by atoms with Crippen molar-refractivity contribution < 1.29 is 90.0 Å². The molecule has 0 rings (SSSR count). The summed E-state index contributed by atoms with van der Waals surface area (Å²) in [5.74, 6) is -1.81. The topological polar surface area (TPSA) is 80.3 Å². The Morgan fingerprint density at radius 3 is 0.765 bits per heavy atom. The average Bonchev–Trinajstić information content (AvgIpc) is 2.76. The minimum absolute atomic E-state index is 0. The van der Waals surface area contributed by atoms with E-state index in [0.29, 0.717) is 0 Å². The molecular formula is C28H54KLiO4. The first-order valence-corrected chi connectivity index (χ1v) is 13.9. The summed E-state index contributed by atoms with van der Waals surface area (Å²) in [4.78, 5) is 20.3. The van der Waals surface area contributed by atoms with Crippen LogP contribution in [-0.2, 0) is 9.59 Å². The number of aliphatic carboxylic acids is 2. The normalized spacial score (nSPS) is 9.94. The molecule has 0 unspecified atom stereocenters. The van der Waals surface area contributed by atoms with Gasteiger partial charge in [-0.15, -0.1) is 0 Å². The van der Waals surface area contributed by atoms with Gasteiger partial charge in [-0.25, -0.2) is 0 Å². The van der Waals surface area contributed by atoms with Gasteiger partial charge in [0.1, 0.15) is 0 Å². The number of carboxylic acids is 2. The number of carboxylic acid groups (broad SMARTS) is 2. The van der Waals surface area contributed by atoms with E-state index in [0.717, 1.165) is 25.7 Å². The van der Waals surface area contributed by atoms with Crippen LogP contribution in [0.5, 0.6) is 0 Å². The first kappa shape index (κ1) is 42.3. The smallest absolute Gasteiger partial charge is 0.550 e. The SMILES string of the molecule is CCCCCCCCCCCCCC(=O)[O-].CCCCCCCCCCCCCC(=O)[O-].[K+].[Li+]. The summed E-state index contributed by atoms with van der Waals surface area (Å²) in [6, 6.07) is 0. The number of carbonyl (C=O) groups excluding carboxylic acids is 2. The molecule has 192 valence electrons. The molecule has 0 saturated carbocycles. The van der Waals surface area contributed by atoms with Gasteiger partial charge in [-0.2, -0.15) is 0 Å². The van der Waals surface area contributed by atoms with E-state index in [1.807, 2.05) is 0 Å². The van der Waals surface area contributed by atoms with Crippen LogP contribution in [-0.4, -0.2) is 11.9 Å². The zero-order valence-corrected chi connectivity index (χ0v) is 26.7. The maximum atomic E-state index is 10.1. The Kier molecular flexibility index (Phi) is 48.1. The summed E-state index contributed by atoms with van der Waals surface area (Å²) in [7, 11) is 0. The second-order valence-corrected chi connectivity index (χ2v) is 9.32. The zero-order chi connectivity index (χ0) is 24.1. The first-order valence-electron chi connectivity index (χ1n) is 13.9. The molecule has 4 nitrogen and oxygen atoms in total. The van der Waals surface area contributed by atoms with Crippen molar-refractivity contribution in [3.05, 3.63) is 0 Å². The van der Waals surface area contributed by atoms with E-state index in [9.17, 15) is 19.8 Å². The summed E-state index contributed by atoms with van der Waals surface area (Å²) in [6.45, 7) is 4.49. The number of carbonyl (C=O) groups is 2. The Hall–Kier alpha value is 1.17. The van der Waals surface area contributed by atoms with Gasteiger partial charge in [0.15, 0.2) is 0 Å². The summed E-state index contributed by atoms with van der Waals surface area (Å²) < 4.78 is 0. The van der Waals surface area contributed by atoms with Gasteiger partial charge in [0, 0.05) is 11.9 Å². The molecule has 0 N–H and O–H groups in total. The van der Waals surface area contributed by atoms with E-state index in [4.69, 9.17) is 0 Å². The van der Waals surface area contributed by atoms with Gasteiger partial charge >= 0.3 is 70.2 Å². The predicted octanol–water partition coefficient (Wildman–Crippen LogP) is 0.883. The van der Waals surface area contributed by atoms with E-state index < -0.39 is 11.9 Å². The molecule has 0 aromatic heterocycles. The third-order valence-electron chi connectivity index (χ3n) is 5.97. The van der Waals surface area contributed by atoms with Crippen molar-refractivity contribution in [3.63, 3.8) is 0 Å². The van der Waals surface area contributed by atoms with Crippen LogP contribution in [0.15, 0.2) is 0 Å². The number of hydrogen-bond donors (Lipinski definition) is 0. The molecule has 0 amide bonds. The van der Waals surface area contributed by atoms with Crippen molar-refractivity contribution in [1.82, 2.24) is 0 Å². The average molecular weight is 501 g/mol. The monoisotopic (exact) mass is 500 g/mol. The van der Waals surface area contributed by atoms with Crippen LogP contribution >= 0.6 is 0 Å². The van der Waals surface area contributed by atoms with Gasteiger partial charge in [-0.3, -0.25) is 0 Å². The third-order valence-corrected chi connectivity index (χ3v) is 5.97. The molecule has 0 aliphatic carbocycles. The molecule has 0 saturated heterocycles. The van der Waals surface area contributed by atoms with Crippen LogP contribution in [0.1, 0.15) is 168 Å². The molecule has 0 aromatic rings. The fourth-order valence-electron chi connectivity index (χ4n) is 3.87.